The van der Waals surface area contributed by atoms with Gasteiger partial charge in [-0.1, -0.05) is 37.4 Å². The number of nitrogens with two attached hydrogens (primary N) is 1. The topological polar surface area (TPSA) is 86.3 Å². The minimum absolute atomic E-state index is 0.217. The zero-order valence-electron chi connectivity index (χ0n) is 18.5. The molecule has 8 heteroatoms. The predicted octanol–water partition coefficient (Wildman–Crippen LogP) is 4.60. The van der Waals surface area contributed by atoms with Gasteiger partial charge in [-0.25, -0.2) is 14.4 Å². The van der Waals surface area contributed by atoms with E-state index in [0.717, 1.165) is 5.69 Å². The van der Waals surface area contributed by atoms with Crippen molar-refractivity contribution in [2.75, 3.05) is 23.8 Å². The average molecular weight is 458 g/mol. The van der Waals surface area contributed by atoms with Crippen molar-refractivity contribution in [2.24, 2.45) is 0 Å². The van der Waals surface area contributed by atoms with Gasteiger partial charge >= 0.3 is 0 Å². The number of carbonyl (C=O) groups is 1. The van der Waals surface area contributed by atoms with Gasteiger partial charge in [0.25, 0.3) is 0 Å². The van der Waals surface area contributed by atoms with Crippen molar-refractivity contribution in [1.82, 2.24) is 14.5 Å². The number of carbonyl (C=O) groups excluding carboxylic acids is 1. The second kappa shape index (κ2) is 9.99. The summed E-state index contributed by atoms with van der Waals surface area (Å²) in [5.41, 5.74) is 8.78. The van der Waals surface area contributed by atoms with Crippen molar-refractivity contribution >= 4 is 28.4 Å². The van der Waals surface area contributed by atoms with Gasteiger partial charge in [0.15, 0.2) is 0 Å². The molecule has 2 N–H and O–H groups in total. The summed E-state index contributed by atoms with van der Waals surface area (Å²) in [5.74, 6) is -0.0115. The van der Waals surface area contributed by atoms with Gasteiger partial charge in [0, 0.05) is 36.6 Å². The number of hydrogen-bond donors (Lipinski definition) is 1. The molecule has 4 aromatic rings. The normalized spacial score (nSPS) is 10.7. The van der Waals surface area contributed by atoms with Crippen molar-refractivity contribution in [2.45, 2.75) is 6.54 Å². The first-order valence-electron chi connectivity index (χ1n) is 10.6. The summed E-state index contributed by atoms with van der Waals surface area (Å²) in [4.78, 5) is 22.7. The first-order chi connectivity index (χ1) is 16.5. The molecule has 2 heterocycles. The number of anilines is 2. The molecule has 0 atom stereocenters. The molecule has 0 unspecified atom stereocenters. The fraction of sp³-hybridized carbons (Fsp3) is 0.115. The van der Waals surface area contributed by atoms with Crippen LogP contribution in [0.2, 0.25) is 0 Å². The van der Waals surface area contributed by atoms with Gasteiger partial charge < -0.3 is 19.9 Å². The number of ether oxygens (including phenoxy) is 1. The lowest BCUT2D eigenvalue weighted by atomic mass is 10.1. The number of amides is 1. The van der Waals surface area contributed by atoms with Crippen molar-refractivity contribution in [3.05, 3.63) is 92.2 Å². The smallest absolute Gasteiger partial charge is 0.250 e. The van der Waals surface area contributed by atoms with Crippen LogP contribution < -0.4 is 15.4 Å². The molecule has 0 fully saturated rings. The van der Waals surface area contributed by atoms with Gasteiger partial charge in [-0.15, -0.1) is 0 Å². The van der Waals surface area contributed by atoms with Crippen LogP contribution in [0.5, 0.6) is 5.75 Å². The Kier molecular flexibility index (Phi) is 6.68. The Labute approximate surface area is 196 Å². The highest BCUT2D eigenvalue weighted by atomic mass is 19.1. The van der Waals surface area contributed by atoms with Crippen molar-refractivity contribution < 1.29 is 13.9 Å². The first-order valence-corrected chi connectivity index (χ1v) is 10.6. The minimum Gasteiger partial charge on any atom is -0.489 e. The monoisotopic (exact) mass is 457 g/mol. The molecule has 0 saturated heterocycles. The fourth-order valence-electron chi connectivity index (χ4n) is 3.79. The van der Waals surface area contributed by atoms with Crippen LogP contribution in [-0.4, -0.2) is 33.6 Å². The van der Waals surface area contributed by atoms with Crippen LogP contribution in [0, 0.1) is 5.82 Å². The quantitative estimate of drug-likeness (QED) is 0.293. The molecule has 172 valence electrons. The fourth-order valence-corrected chi connectivity index (χ4v) is 3.79. The van der Waals surface area contributed by atoms with Crippen LogP contribution in [0.4, 0.5) is 15.9 Å². The molecule has 7 nitrogen and oxygen atoms in total. The number of benzene rings is 2. The maximum Gasteiger partial charge on any atom is 0.250 e. The summed E-state index contributed by atoms with van der Waals surface area (Å²) >= 11 is 0. The molecule has 0 saturated carbocycles. The summed E-state index contributed by atoms with van der Waals surface area (Å²) in [6.07, 6.45) is 6.09. The maximum atomic E-state index is 14.4. The highest BCUT2D eigenvalue weighted by Gasteiger charge is 2.18. The lowest BCUT2D eigenvalue weighted by Crippen LogP contribution is -2.32. The largest absolute Gasteiger partial charge is 0.489 e. The molecule has 1 amide bonds. The summed E-state index contributed by atoms with van der Waals surface area (Å²) in [6, 6.07) is 13.8. The first kappa shape index (κ1) is 22.7. The molecule has 0 spiro atoms. The zero-order valence-corrected chi connectivity index (χ0v) is 18.5. The SMILES string of the molecule is C=CCOc1cc(F)cc(-c2cn(CCN(C(=O)C=C)c3ccccc3)c3ncnc(N)c23)c1. The highest BCUT2D eigenvalue weighted by molar-refractivity contribution is 6.02. The Morgan fingerprint density at radius 1 is 1.18 bits per heavy atom. The number of nitrogen functional groups attached to an aromatic ring is 1. The number of para-hydroxylation sites is 1. The van der Waals surface area contributed by atoms with Crippen LogP contribution in [0.1, 0.15) is 0 Å². The molecule has 2 aromatic carbocycles. The lowest BCUT2D eigenvalue weighted by Gasteiger charge is -2.21. The highest BCUT2D eigenvalue weighted by Crippen LogP contribution is 2.35. The molecule has 0 bridgehead atoms. The second-order valence-electron chi connectivity index (χ2n) is 7.50. The average Bonchev–Trinajstić information content (AvgIpc) is 3.23. The molecular weight excluding hydrogens is 433 g/mol. The van der Waals surface area contributed by atoms with Gasteiger partial charge in [0.1, 0.15) is 36.0 Å². The second-order valence-corrected chi connectivity index (χ2v) is 7.50. The van der Waals surface area contributed by atoms with Gasteiger partial charge in [-0.05, 0) is 35.9 Å². The zero-order chi connectivity index (χ0) is 24.1. The van der Waals surface area contributed by atoms with Gasteiger partial charge in [0.2, 0.25) is 5.91 Å². The van der Waals surface area contributed by atoms with E-state index < -0.39 is 5.82 Å². The van der Waals surface area contributed by atoms with E-state index in [9.17, 15) is 9.18 Å². The standard InChI is InChI=1S/C26H24FN5O2/c1-3-12-34-21-14-18(13-19(27)15-21)22-16-31(26-24(22)25(28)29-17-30-26)10-11-32(23(33)4-2)20-8-6-5-7-9-20/h3-9,13-17H,1-2,10-12H2,(H2,28,29,30). The molecule has 0 aliphatic carbocycles. The van der Waals surface area contributed by atoms with E-state index in [0.29, 0.717) is 41.0 Å². The van der Waals surface area contributed by atoms with Crippen LogP contribution in [0.25, 0.3) is 22.2 Å². The Morgan fingerprint density at radius 3 is 2.71 bits per heavy atom. The number of fused-ring (bicyclic) bond motifs is 1. The van der Waals surface area contributed by atoms with Crippen molar-refractivity contribution in [3.63, 3.8) is 0 Å². The number of rotatable bonds is 9. The lowest BCUT2D eigenvalue weighted by molar-refractivity contribution is -0.114. The van der Waals surface area contributed by atoms with E-state index in [1.165, 1.54) is 24.5 Å². The van der Waals surface area contributed by atoms with Gasteiger partial charge in [0.05, 0.1) is 5.39 Å². The van der Waals surface area contributed by atoms with Crippen molar-refractivity contribution in [1.29, 1.82) is 0 Å². The molecule has 0 aliphatic heterocycles. The predicted molar refractivity (Wildman–Crippen MR) is 132 cm³/mol. The Bertz CT molecular complexity index is 1350. The summed E-state index contributed by atoms with van der Waals surface area (Å²) in [5, 5.41) is 0.601. The number of nitrogens with zero attached hydrogens (tertiary/aromatic N) is 4. The van der Waals surface area contributed by atoms with E-state index in [4.69, 9.17) is 10.5 Å². The van der Waals surface area contributed by atoms with E-state index in [1.54, 1.807) is 17.0 Å². The van der Waals surface area contributed by atoms with Crippen LogP contribution >= 0.6 is 0 Å². The third-order valence-corrected chi connectivity index (χ3v) is 5.31. The molecular formula is C26H24FN5O2. The van der Waals surface area contributed by atoms with Crippen LogP contribution in [0.15, 0.2) is 86.4 Å². The number of aromatic nitrogens is 3. The van der Waals surface area contributed by atoms with Gasteiger partial charge in [-0.2, -0.15) is 0 Å². The van der Waals surface area contributed by atoms with E-state index in [-0.39, 0.29) is 18.3 Å². The van der Waals surface area contributed by atoms with E-state index in [1.807, 2.05) is 41.1 Å². The summed E-state index contributed by atoms with van der Waals surface area (Å²) in [7, 11) is 0. The number of hydrogen-bond acceptors (Lipinski definition) is 5. The Balaban J connectivity index is 1.74. The maximum absolute atomic E-state index is 14.4. The number of halogens is 1. The van der Waals surface area contributed by atoms with Crippen molar-refractivity contribution in [3.8, 4) is 16.9 Å². The molecule has 2 aromatic heterocycles. The Hall–Kier alpha value is -4.46. The van der Waals surface area contributed by atoms with Crippen LogP contribution in [0.3, 0.4) is 0 Å². The third kappa shape index (κ3) is 4.66. The summed E-state index contributed by atoms with van der Waals surface area (Å²) < 4.78 is 21.8. The summed E-state index contributed by atoms with van der Waals surface area (Å²) in [6.45, 7) is 8.26. The Morgan fingerprint density at radius 2 is 1.97 bits per heavy atom. The third-order valence-electron chi connectivity index (χ3n) is 5.31. The van der Waals surface area contributed by atoms with E-state index in [2.05, 4.69) is 23.1 Å². The van der Waals surface area contributed by atoms with E-state index >= 15 is 0 Å². The van der Waals surface area contributed by atoms with Gasteiger partial charge in [-0.3, -0.25) is 4.79 Å². The minimum atomic E-state index is -0.445. The molecule has 34 heavy (non-hydrogen) atoms. The molecule has 0 aliphatic rings. The van der Waals surface area contributed by atoms with Crippen LogP contribution in [-0.2, 0) is 11.3 Å². The molecule has 0 radical (unpaired) electrons. The molecule has 4 rings (SSSR count).